The van der Waals surface area contributed by atoms with E-state index in [-0.39, 0.29) is 11.7 Å². The minimum absolute atomic E-state index is 0.0602. The summed E-state index contributed by atoms with van der Waals surface area (Å²) in [6.07, 6.45) is 0. The minimum atomic E-state index is -0.762. The molecule has 0 aliphatic rings. The first kappa shape index (κ1) is 16.2. The van der Waals surface area contributed by atoms with E-state index in [2.05, 4.69) is 15.8 Å². The first-order valence-electron chi connectivity index (χ1n) is 6.72. The van der Waals surface area contributed by atoms with Crippen molar-refractivity contribution < 1.29 is 23.6 Å². The maximum Gasteiger partial charge on any atom is 0.377 e. The monoisotopic (exact) mass is 317 g/mol. The highest BCUT2D eigenvalue weighted by Crippen LogP contribution is 2.13. The molecular weight excluding hydrogens is 302 g/mol. The molecule has 2 N–H and O–H groups in total. The van der Waals surface area contributed by atoms with Gasteiger partial charge in [0.2, 0.25) is 11.7 Å². The lowest BCUT2D eigenvalue weighted by Gasteiger charge is -2.07. The number of benzene rings is 1. The van der Waals surface area contributed by atoms with Crippen molar-refractivity contribution in [2.45, 2.75) is 13.8 Å². The molecule has 0 saturated heterocycles. The Kier molecular flexibility index (Phi) is 5.08. The molecule has 0 bridgehead atoms. The Morgan fingerprint density at radius 1 is 1.13 bits per heavy atom. The van der Waals surface area contributed by atoms with Gasteiger partial charge in [-0.2, -0.15) is 0 Å². The second kappa shape index (κ2) is 7.21. The van der Waals surface area contributed by atoms with E-state index in [0.717, 1.165) is 0 Å². The number of ether oxygens (including phenoxy) is 1. The quantitative estimate of drug-likeness (QED) is 0.813. The maximum atomic E-state index is 11.7. The summed E-state index contributed by atoms with van der Waals surface area (Å²) in [5, 5.41) is 8.72. The number of carbonyl (C=O) groups is 3. The molecule has 2 rings (SSSR count). The zero-order valence-corrected chi connectivity index (χ0v) is 12.6. The van der Waals surface area contributed by atoms with Crippen molar-refractivity contribution in [3.05, 3.63) is 41.8 Å². The van der Waals surface area contributed by atoms with Gasteiger partial charge in [-0.1, -0.05) is 5.16 Å². The van der Waals surface area contributed by atoms with E-state index in [1.165, 1.54) is 13.0 Å². The minimum Gasteiger partial charge on any atom is -0.450 e. The molecule has 2 aromatic rings. The molecule has 0 unspecified atom stereocenters. The van der Waals surface area contributed by atoms with E-state index in [9.17, 15) is 14.4 Å². The molecule has 120 valence electrons. The molecular formula is C15H15N3O5. The number of aromatic nitrogens is 1. The predicted molar refractivity (Wildman–Crippen MR) is 80.9 cm³/mol. The van der Waals surface area contributed by atoms with Crippen LogP contribution in [0.1, 0.15) is 23.2 Å². The van der Waals surface area contributed by atoms with Crippen molar-refractivity contribution in [3.63, 3.8) is 0 Å². The van der Waals surface area contributed by atoms with E-state index in [4.69, 9.17) is 9.26 Å². The first-order valence-corrected chi connectivity index (χ1v) is 6.72. The van der Waals surface area contributed by atoms with Crippen LogP contribution in [0.4, 0.5) is 11.4 Å². The van der Waals surface area contributed by atoms with Crippen LogP contribution in [0.2, 0.25) is 0 Å². The SMILES string of the molecule is CC(=O)Nc1ccc(NC(=O)COC(=O)c2cc(C)no2)cc1. The van der Waals surface area contributed by atoms with Crippen LogP contribution in [0, 0.1) is 6.92 Å². The molecule has 23 heavy (non-hydrogen) atoms. The average molecular weight is 317 g/mol. The summed E-state index contributed by atoms with van der Waals surface area (Å²) in [7, 11) is 0. The Morgan fingerprint density at radius 3 is 2.26 bits per heavy atom. The zero-order chi connectivity index (χ0) is 16.8. The van der Waals surface area contributed by atoms with Gasteiger partial charge in [0.05, 0.1) is 5.69 Å². The maximum absolute atomic E-state index is 11.7. The third kappa shape index (κ3) is 4.95. The van der Waals surface area contributed by atoms with Gasteiger partial charge < -0.3 is 19.9 Å². The molecule has 0 saturated carbocycles. The summed E-state index contributed by atoms with van der Waals surface area (Å²) in [4.78, 5) is 34.2. The van der Waals surface area contributed by atoms with Crippen LogP contribution in [0.5, 0.6) is 0 Å². The molecule has 1 aromatic heterocycles. The molecule has 0 spiro atoms. The molecule has 1 heterocycles. The van der Waals surface area contributed by atoms with Crippen molar-refractivity contribution in [1.82, 2.24) is 5.16 Å². The lowest BCUT2D eigenvalue weighted by Crippen LogP contribution is -2.20. The van der Waals surface area contributed by atoms with Crippen LogP contribution in [0.25, 0.3) is 0 Å². The second-order valence-electron chi connectivity index (χ2n) is 4.72. The Bertz CT molecular complexity index is 721. The highest BCUT2D eigenvalue weighted by atomic mass is 16.6. The number of amides is 2. The smallest absolute Gasteiger partial charge is 0.377 e. The average Bonchev–Trinajstić information content (AvgIpc) is 2.93. The fourth-order valence-corrected chi connectivity index (χ4v) is 1.70. The van der Waals surface area contributed by atoms with Crippen LogP contribution in [-0.2, 0) is 14.3 Å². The van der Waals surface area contributed by atoms with Crippen molar-refractivity contribution in [2.24, 2.45) is 0 Å². The van der Waals surface area contributed by atoms with Gasteiger partial charge in [0, 0.05) is 24.4 Å². The highest BCUT2D eigenvalue weighted by Gasteiger charge is 2.15. The Balaban J connectivity index is 1.82. The number of hydrogen-bond donors (Lipinski definition) is 2. The van der Waals surface area contributed by atoms with Gasteiger partial charge in [0.25, 0.3) is 5.91 Å². The summed E-state index contributed by atoms with van der Waals surface area (Å²) in [6, 6.07) is 7.93. The van der Waals surface area contributed by atoms with Crippen molar-refractivity contribution in [3.8, 4) is 0 Å². The Morgan fingerprint density at radius 2 is 1.74 bits per heavy atom. The van der Waals surface area contributed by atoms with Crippen LogP contribution in [-0.4, -0.2) is 29.5 Å². The lowest BCUT2D eigenvalue weighted by atomic mass is 10.2. The van der Waals surface area contributed by atoms with Gasteiger partial charge in [0.1, 0.15) is 0 Å². The molecule has 0 fully saturated rings. The van der Waals surface area contributed by atoms with Crippen LogP contribution >= 0.6 is 0 Å². The van der Waals surface area contributed by atoms with E-state index >= 15 is 0 Å². The Hall–Kier alpha value is -3.16. The van der Waals surface area contributed by atoms with Crippen LogP contribution in [0.15, 0.2) is 34.9 Å². The molecule has 1 aromatic carbocycles. The third-order valence-electron chi connectivity index (χ3n) is 2.65. The molecule has 0 atom stereocenters. The number of nitrogens with zero attached hydrogens (tertiary/aromatic N) is 1. The largest absolute Gasteiger partial charge is 0.450 e. The van der Waals surface area contributed by atoms with E-state index in [1.807, 2.05) is 0 Å². The topological polar surface area (TPSA) is 111 Å². The molecule has 0 radical (unpaired) electrons. The number of aryl methyl sites for hydroxylation is 1. The first-order chi connectivity index (χ1) is 10.9. The van der Waals surface area contributed by atoms with E-state index in [0.29, 0.717) is 17.1 Å². The molecule has 8 heteroatoms. The lowest BCUT2D eigenvalue weighted by molar-refractivity contribution is -0.119. The standard InChI is InChI=1S/C15H15N3O5/c1-9-7-13(23-18-9)15(21)22-8-14(20)17-12-5-3-11(4-6-12)16-10(2)19/h3-7H,8H2,1-2H3,(H,16,19)(H,17,20). The van der Waals surface area contributed by atoms with Gasteiger partial charge in [-0.05, 0) is 31.2 Å². The fraction of sp³-hybridized carbons (Fsp3) is 0.200. The number of hydrogen-bond acceptors (Lipinski definition) is 6. The van der Waals surface area contributed by atoms with Gasteiger partial charge in [0.15, 0.2) is 6.61 Å². The molecule has 0 aliphatic heterocycles. The number of rotatable bonds is 5. The summed E-state index contributed by atoms with van der Waals surface area (Å²) in [5.41, 5.74) is 1.67. The molecule has 2 amide bonds. The number of nitrogens with one attached hydrogen (secondary N) is 2. The second-order valence-corrected chi connectivity index (χ2v) is 4.72. The Labute approximate surface area is 131 Å². The van der Waals surface area contributed by atoms with E-state index in [1.54, 1.807) is 31.2 Å². The summed E-state index contributed by atoms with van der Waals surface area (Å²) in [6.45, 7) is 2.61. The molecule has 8 nitrogen and oxygen atoms in total. The summed E-state index contributed by atoms with van der Waals surface area (Å²) >= 11 is 0. The third-order valence-corrected chi connectivity index (χ3v) is 2.65. The van der Waals surface area contributed by atoms with Gasteiger partial charge in [-0.25, -0.2) is 4.79 Å². The number of esters is 1. The fourth-order valence-electron chi connectivity index (χ4n) is 1.70. The van der Waals surface area contributed by atoms with E-state index < -0.39 is 18.5 Å². The number of anilines is 2. The summed E-state index contributed by atoms with van der Waals surface area (Å²) < 4.78 is 9.54. The van der Waals surface area contributed by atoms with Crippen LogP contribution in [0.3, 0.4) is 0 Å². The highest BCUT2D eigenvalue weighted by molar-refractivity contribution is 5.95. The zero-order valence-electron chi connectivity index (χ0n) is 12.6. The molecule has 0 aliphatic carbocycles. The predicted octanol–water partition coefficient (Wildman–Crippen LogP) is 1.74. The van der Waals surface area contributed by atoms with Crippen LogP contribution < -0.4 is 10.6 Å². The normalized spacial score (nSPS) is 10.0. The van der Waals surface area contributed by atoms with Gasteiger partial charge in [-0.15, -0.1) is 0 Å². The van der Waals surface area contributed by atoms with Gasteiger partial charge >= 0.3 is 5.97 Å². The van der Waals surface area contributed by atoms with Gasteiger partial charge in [-0.3, -0.25) is 9.59 Å². The van der Waals surface area contributed by atoms with Crippen molar-refractivity contribution >= 4 is 29.2 Å². The number of carbonyl (C=O) groups excluding carboxylic acids is 3. The van der Waals surface area contributed by atoms with Crippen molar-refractivity contribution in [1.29, 1.82) is 0 Å². The van der Waals surface area contributed by atoms with Crippen molar-refractivity contribution in [2.75, 3.05) is 17.2 Å². The summed E-state index contributed by atoms with van der Waals surface area (Å²) in [5.74, 6) is -1.50.